The van der Waals surface area contributed by atoms with Crippen molar-refractivity contribution in [1.82, 2.24) is 4.98 Å². The molecule has 2 heteroatoms. The Morgan fingerprint density at radius 3 is 2.50 bits per heavy atom. The van der Waals surface area contributed by atoms with Crippen LogP contribution in [0.5, 0.6) is 0 Å². The largest absolute Gasteiger partial charge is 0.262 e. The number of nitrogens with zero attached hydrogens (tertiary/aromatic N) is 1. The molecule has 1 nitrogen and oxygen atoms in total. The third-order valence-corrected chi connectivity index (χ3v) is 3.89. The van der Waals surface area contributed by atoms with E-state index in [-0.39, 0.29) is 0 Å². The van der Waals surface area contributed by atoms with Crippen molar-refractivity contribution in [1.29, 1.82) is 0 Å². The van der Waals surface area contributed by atoms with Gasteiger partial charge in [-0.25, -0.2) is 0 Å². The van der Waals surface area contributed by atoms with E-state index in [0.717, 1.165) is 5.69 Å². The van der Waals surface area contributed by atoms with E-state index >= 15 is 0 Å². The van der Waals surface area contributed by atoms with Crippen molar-refractivity contribution in [2.45, 2.75) is 20.8 Å². The zero-order valence-corrected chi connectivity index (χ0v) is 11.3. The lowest BCUT2D eigenvalue weighted by atomic mass is 10.0. The highest BCUT2D eigenvalue weighted by Crippen LogP contribution is 2.32. The van der Waals surface area contributed by atoms with Crippen LogP contribution in [-0.4, -0.2) is 4.98 Å². The minimum Gasteiger partial charge on any atom is -0.262 e. The Morgan fingerprint density at radius 2 is 1.81 bits per heavy atom. The van der Waals surface area contributed by atoms with E-state index in [4.69, 9.17) is 0 Å². The van der Waals surface area contributed by atoms with Crippen molar-refractivity contribution in [3.8, 4) is 11.1 Å². The molecule has 1 aromatic heterocycles. The Labute approximate surface area is 105 Å². The number of aromatic nitrogens is 1. The number of benzene rings is 1. The highest BCUT2D eigenvalue weighted by molar-refractivity contribution is 9.10. The summed E-state index contributed by atoms with van der Waals surface area (Å²) in [6, 6.07) is 8.46. The normalized spacial score (nSPS) is 10.5. The van der Waals surface area contributed by atoms with Crippen molar-refractivity contribution in [3.05, 3.63) is 51.8 Å². The van der Waals surface area contributed by atoms with Crippen LogP contribution in [0.15, 0.2) is 34.9 Å². The van der Waals surface area contributed by atoms with Crippen molar-refractivity contribution < 1.29 is 0 Å². The summed E-state index contributed by atoms with van der Waals surface area (Å²) in [6.07, 6.45) is 1.85. The van der Waals surface area contributed by atoms with Gasteiger partial charge in [-0.15, -0.1) is 0 Å². The van der Waals surface area contributed by atoms with Gasteiger partial charge in [0, 0.05) is 16.4 Å². The lowest BCUT2D eigenvalue weighted by molar-refractivity contribution is 1.20. The van der Waals surface area contributed by atoms with Crippen molar-refractivity contribution in [2.75, 3.05) is 0 Å². The molecule has 0 saturated carbocycles. The first-order valence-corrected chi connectivity index (χ1v) is 6.07. The molecular weight excluding hydrogens is 262 g/mol. The molecule has 0 N–H and O–H groups in total. The van der Waals surface area contributed by atoms with Gasteiger partial charge in [0.15, 0.2) is 0 Å². The predicted molar refractivity (Wildman–Crippen MR) is 71.6 cm³/mol. The number of hydrogen-bond donors (Lipinski definition) is 0. The molecule has 1 heterocycles. The Kier molecular flexibility index (Phi) is 3.10. The van der Waals surface area contributed by atoms with Gasteiger partial charge in [0.25, 0.3) is 0 Å². The van der Waals surface area contributed by atoms with Crippen LogP contribution in [-0.2, 0) is 0 Å². The highest BCUT2D eigenvalue weighted by Gasteiger charge is 2.07. The van der Waals surface area contributed by atoms with Crippen LogP contribution < -0.4 is 0 Å². The van der Waals surface area contributed by atoms with Crippen LogP contribution in [0.2, 0.25) is 0 Å². The average Bonchev–Trinajstić information content (AvgIpc) is 2.26. The summed E-state index contributed by atoms with van der Waals surface area (Å²) < 4.78 is 1.18. The lowest BCUT2D eigenvalue weighted by Crippen LogP contribution is -1.88. The van der Waals surface area contributed by atoms with Crippen LogP contribution in [0.3, 0.4) is 0 Å². The standard InChI is InChI=1S/C14H14BrN/c1-9-4-5-13(14(15)11(9)3)12-6-7-16-10(2)8-12/h4-8H,1-3H3. The van der Waals surface area contributed by atoms with Crippen LogP contribution in [0.1, 0.15) is 16.8 Å². The van der Waals surface area contributed by atoms with Gasteiger partial charge in [-0.2, -0.15) is 0 Å². The smallest absolute Gasteiger partial charge is 0.0378 e. The van der Waals surface area contributed by atoms with Gasteiger partial charge in [0.2, 0.25) is 0 Å². The minimum absolute atomic E-state index is 1.04. The summed E-state index contributed by atoms with van der Waals surface area (Å²) in [5.41, 5.74) is 6.09. The maximum absolute atomic E-state index is 4.22. The zero-order valence-electron chi connectivity index (χ0n) is 9.71. The van der Waals surface area contributed by atoms with Crippen LogP contribution in [0.25, 0.3) is 11.1 Å². The first-order chi connectivity index (χ1) is 7.59. The first kappa shape index (κ1) is 11.3. The molecule has 0 radical (unpaired) electrons. The topological polar surface area (TPSA) is 12.9 Å². The maximum Gasteiger partial charge on any atom is 0.0378 e. The van der Waals surface area contributed by atoms with E-state index < -0.39 is 0 Å². The fourth-order valence-electron chi connectivity index (χ4n) is 1.72. The molecule has 0 fully saturated rings. The fourth-order valence-corrected chi connectivity index (χ4v) is 2.39. The summed E-state index contributed by atoms with van der Waals surface area (Å²) in [5.74, 6) is 0. The number of halogens is 1. The van der Waals surface area contributed by atoms with Crippen molar-refractivity contribution in [3.63, 3.8) is 0 Å². The molecule has 0 unspecified atom stereocenters. The van der Waals surface area contributed by atoms with E-state index in [1.807, 2.05) is 19.2 Å². The summed E-state index contributed by atoms with van der Waals surface area (Å²) in [7, 11) is 0. The molecule has 16 heavy (non-hydrogen) atoms. The van der Waals surface area contributed by atoms with E-state index in [1.165, 1.54) is 26.7 Å². The van der Waals surface area contributed by atoms with E-state index in [1.54, 1.807) is 0 Å². The predicted octanol–water partition coefficient (Wildman–Crippen LogP) is 4.44. The molecule has 0 spiro atoms. The molecule has 0 aliphatic carbocycles. The second kappa shape index (κ2) is 4.38. The summed E-state index contributed by atoms with van der Waals surface area (Å²) >= 11 is 3.67. The van der Waals surface area contributed by atoms with Crippen molar-refractivity contribution in [2.24, 2.45) is 0 Å². The second-order valence-electron chi connectivity index (χ2n) is 4.05. The molecule has 0 amide bonds. The van der Waals surface area contributed by atoms with Crippen LogP contribution in [0.4, 0.5) is 0 Å². The van der Waals surface area contributed by atoms with Crippen molar-refractivity contribution >= 4 is 15.9 Å². The molecule has 0 atom stereocenters. The molecule has 2 aromatic rings. The Balaban J connectivity index is 2.61. The minimum atomic E-state index is 1.04. The number of pyridine rings is 1. The van der Waals surface area contributed by atoms with Gasteiger partial charge in [-0.3, -0.25) is 4.98 Å². The molecule has 0 aliphatic heterocycles. The Morgan fingerprint density at radius 1 is 1.06 bits per heavy atom. The van der Waals surface area contributed by atoms with Crippen LogP contribution in [0, 0.1) is 20.8 Å². The number of aryl methyl sites for hydroxylation is 2. The monoisotopic (exact) mass is 275 g/mol. The third kappa shape index (κ3) is 2.03. The van der Waals surface area contributed by atoms with Gasteiger partial charge >= 0.3 is 0 Å². The Hall–Kier alpha value is -1.15. The van der Waals surface area contributed by atoms with E-state index in [9.17, 15) is 0 Å². The summed E-state index contributed by atoms with van der Waals surface area (Å²) in [4.78, 5) is 4.22. The molecule has 0 saturated heterocycles. The fraction of sp³-hybridized carbons (Fsp3) is 0.214. The van der Waals surface area contributed by atoms with Gasteiger partial charge in [0.05, 0.1) is 0 Å². The molecule has 2 rings (SSSR count). The van der Waals surface area contributed by atoms with Gasteiger partial charge < -0.3 is 0 Å². The zero-order chi connectivity index (χ0) is 11.7. The van der Waals surface area contributed by atoms with Gasteiger partial charge in [-0.05, 0) is 71.1 Å². The van der Waals surface area contributed by atoms with E-state index in [0.29, 0.717) is 0 Å². The SMILES string of the molecule is Cc1cc(-c2ccc(C)c(C)c2Br)ccn1. The molecule has 1 aromatic carbocycles. The quantitative estimate of drug-likeness (QED) is 0.750. The molecule has 0 bridgehead atoms. The third-order valence-electron chi connectivity index (χ3n) is 2.86. The number of rotatable bonds is 1. The molecule has 0 aliphatic rings. The van der Waals surface area contributed by atoms with Gasteiger partial charge in [-0.1, -0.05) is 12.1 Å². The molecular formula is C14H14BrN. The summed E-state index contributed by atoms with van der Waals surface area (Å²) in [6.45, 7) is 6.27. The Bertz CT molecular complexity index is 532. The average molecular weight is 276 g/mol. The molecule has 82 valence electrons. The van der Waals surface area contributed by atoms with E-state index in [2.05, 4.69) is 53.0 Å². The van der Waals surface area contributed by atoms with Gasteiger partial charge in [0.1, 0.15) is 0 Å². The first-order valence-electron chi connectivity index (χ1n) is 5.28. The lowest BCUT2D eigenvalue weighted by Gasteiger charge is -2.10. The summed E-state index contributed by atoms with van der Waals surface area (Å²) in [5, 5.41) is 0. The number of hydrogen-bond acceptors (Lipinski definition) is 1. The highest BCUT2D eigenvalue weighted by atomic mass is 79.9. The second-order valence-corrected chi connectivity index (χ2v) is 4.85. The maximum atomic E-state index is 4.22. The van der Waals surface area contributed by atoms with Crippen LogP contribution >= 0.6 is 15.9 Å².